The zero-order valence-electron chi connectivity index (χ0n) is 13.0. The van der Waals surface area contributed by atoms with Crippen LogP contribution in [0, 0.1) is 0 Å². The van der Waals surface area contributed by atoms with E-state index in [0.29, 0.717) is 17.4 Å². The molecule has 0 fully saturated rings. The van der Waals surface area contributed by atoms with E-state index >= 15 is 0 Å². The monoisotopic (exact) mass is 351 g/mol. The summed E-state index contributed by atoms with van der Waals surface area (Å²) in [4.78, 5) is 20.8. The number of aromatic nitrogens is 4. The molecule has 1 aromatic carbocycles. The molecule has 0 aliphatic rings. The van der Waals surface area contributed by atoms with Crippen molar-refractivity contribution >= 4 is 17.2 Å². The lowest BCUT2D eigenvalue weighted by Gasteiger charge is -1.98. The first-order valence-corrected chi connectivity index (χ1v) is 8.42. The van der Waals surface area contributed by atoms with Gasteiger partial charge >= 0.3 is 0 Å². The van der Waals surface area contributed by atoms with Crippen LogP contribution in [-0.2, 0) is 6.54 Å². The Morgan fingerprint density at radius 2 is 1.92 bits per heavy atom. The van der Waals surface area contributed by atoms with Gasteiger partial charge < -0.3 is 14.4 Å². The van der Waals surface area contributed by atoms with Crippen molar-refractivity contribution in [3.8, 4) is 16.5 Å². The van der Waals surface area contributed by atoms with E-state index in [1.807, 2.05) is 59.4 Å². The lowest BCUT2D eigenvalue weighted by atomic mass is 10.2. The number of amides is 1. The van der Waals surface area contributed by atoms with Crippen LogP contribution < -0.4 is 5.32 Å². The largest absolute Gasteiger partial charge is 0.342 e. The first kappa shape index (κ1) is 15.3. The standard InChI is InChI=1S/C17H13N5O2S/c23-16(13-11-25-17(19-13)22-8-4-5-9-22)18-10-14-20-15(21-24-14)12-6-2-1-3-7-12/h1-9,11H,10H2,(H,18,23). The van der Waals surface area contributed by atoms with Crippen molar-refractivity contribution in [2.45, 2.75) is 6.54 Å². The highest BCUT2D eigenvalue weighted by atomic mass is 32.1. The van der Waals surface area contributed by atoms with Crippen molar-refractivity contribution in [2.75, 3.05) is 0 Å². The molecular formula is C17H13N5O2S. The van der Waals surface area contributed by atoms with Gasteiger partial charge in [-0.15, -0.1) is 11.3 Å². The minimum Gasteiger partial charge on any atom is -0.342 e. The number of hydrogen-bond acceptors (Lipinski definition) is 6. The van der Waals surface area contributed by atoms with Crippen LogP contribution in [0.1, 0.15) is 16.4 Å². The SMILES string of the molecule is O=C(NCc1nc(-c2ccccc2)no1)c1csc(-n2cccc2)n1. The number of hydrogen-bond donors (Lipinski definition) is 1. The molecule has 0 atom stereocenters. The first-order valence-electron chi connectivity index (χ1n) is 7.55. The summed E-state index contributed by atoms with van der Waals surface area (Å²) < 4.78 is 7.02. The number of thiazole rings is 1. The van der Waals surface area contributed by atoms with Gasteiger partial charge in [0.15, 0.2) is 5.13 Å². The van der Waals surface area contributed by atoms with Gasteiger partial charge in [0.25, 0.3) is 5.91 Å². The van der Waals surface area contributed by atoms with Gasteiger partial charge in [-0.3, -0.25) is 4.79 Å². The Hall–Kier alpha value is -3.26. The van der Waals surface area contributed by atoms with Gasteiger partial charge in [-0.2, -0.15) is 4.98 Å². The fourth-order valence-corrected chi connectivity index (χ4v) is 3.00. The summed E-state index contributed by atoms with van der Waals surface area (Å²) in [5.41, 5.74) is 1.22. The van der Waals surface area contributed by atoms with Gasteiger partial charge in [-0.05, 0) is 12.1 Å². The molecule has 7 nitrogen and oxygen atoms in total. The summed E-state index contributed by atoms with van der Waals surface area (Å²) >= 11 is 1.40. The van der Waals surface area contributed by atoms with Crippen molar-refractivity contribution in [2.24, 2.45) is 0 Å². The molecule has 0 bridgehead atoms. The molecule has 0 unspecified atom stereocenters. The van der Waals surface area contributed by atoms with E-state index in [9.17, 15) is 4.79 Å². The molecule has 0 aliphatic heterocycles. The van der Waals surface area contributed by atoms with Gasteiger partial charge in [0.1, 0.15) is 5.69 Å². The molecule has 4 rings (SSSR count). The third kappa shape index (κ3) is 3.33. The number of rotatable bonds is 5. The van der Waals surface area contributed by atoms with Crippen LogP contribution in [0.4, 0.5) is 0 Å². The van der Waals surface area contributed by atoms with E-state index in [4.69, 9.17) is 4.52 Å². The van der Waals surface area contributed by atoms with Crippen molar-refractivity contribution in [3.63, 3.8) is 0 Å². The minimum absolute atomic E-state index is 0.148. The lowest BCUT2D eigenvalue weighted by Crippen LogP contribution is -2.23. The maximum atomic E-state index is 12.2. The quantitative estimate of drug-likeness (QED) is 0.597. The van der Waals surface area contributed by atoms with Crippen LogP contribution in [0.3, 0.4) is 0 Å². The maximum Gasteiger partial charge on any atom is 0.271 e. The van der Waals surface area contributed by atoms with Crippen LogP contribution in [0.2, 0.25) is 0 Å². The molecule has 3 aromatic heterocycles. The van der Waals surface area contributed by atoms with Crippen molar-refractivity contribution < 1.29 is 9.32 Å². The van der Waals surface area contributed by atoms with E-state index < -0.39 is 0 Å². The van der Waals surface area contributed by atoms with Crippen molar-refractivity contribution in [1.29, 1.82) is 0 Å². The van der Waals surface area contributed by atoms with Gasteiger partial charge in [-0.1, -0.05) is 35.5 Å². The second-order valence-corrected chi connectivity index (χ2v) is 6.00. The number of benzene rings is 1. The highest BCUT2D eigenvalue weighted by molar-refractivity contribution is 7.12. The normalized spacial score (nSPS) is 10.7. The fraction of sp³-hybridized carbons (Fsp3) is 0.0588. The molecule has 3 heterocycles. The third-order valence-electron chi connectivity index (χ3n) is 3.45. The van der Waals surface area contributed by atoms with Gasteiger partial charge in [0.2, 0.25) is 11.7 Å². The molecule has 25 heavy (non-hydrogen) atoms. The molecule has 124 valence electrons. The van der Waals surface area contributed by atoms with Crippen LogP contribution in [0.15, 0.2) is 64.8 Å². The number of nitrogens with zero attached hydrogens (tertiary/aromatic N) is 4. The van der Waals surface area contributed by atoms with Crippen LogP contribution >= 0.6 is 11.3 Å². The summed E-state index contributed by atoms with van der Waals surface area (Å²) in [6.45, 7) is 0.148. The van der Waals surface area contributed by atoms with Crippen molar-refractivity contribution in [3.05, 3.63) is 71.8 Å². The van der Waals surface area contributed by atoms with Crippen molar-refractivity contribution in [1.82, 2.24) is 25.0 Å². The zero-order valence-corrected chi connectivity index (χ0v) is 13.8. The van der Waals surface area contributed by atoms with Gasteiger partial charge in [-0.25, -0.2) is 4.98 Å². The molecule has 0 spiro atoms. The molecule has 0 radical (unpaired) electrons. The van der Waals surface area contributed by atoms with Crippen LogP contribution in [0.25, 0.3) is 16.5 Å². The molecule has 0 saturated carbocycles. The topological polar surface area (TPSA) is 85.8 Å². The number of nitrogens with one attached hydrogen (secondary N) is 1. The third-order valence-corrected chi connectivity index (χ3v) is 4.30. The summed E-state index contributed by atoms with van der Waals surface area (Å²) in [6, 6.07) is 13.3. The first-order chi connectivity index (χ1) is 12.3. The smallest absolute Gasteiger partial charge is 0.271 e. The highest BCUT2D eigenvalue weighted by Crippen LogP contribution is 2.16. The van der Waals surface area contributed by atoms with Gasteiger partial charge in [0.05, 0.1) is 6.54 Å². The Balaban J connectivity index is 1.40. The Morgan fingerprint density at radius 3 is 2.72 bits per heavy atom. The maximum absolute atomic E-state index is 12.2. The van der Waals surface area contributed by atoms with E-state index in [1.165, 1.54) is 11.3 Å². The van der Waals surface area contributed by atoms with E-state index in [2.05, 4.69) is 20.4 Å². The predicted molar refractivity (Wildman–Crippen MR) is 92.3 cm³/mol. The Labute approximate surface area is 147 Å². The average Bonchev–Trinajstić information content (AvgIpc) is 3.41. The van der Waals surface area contributed by atoms with Gasteiger partial charge in [0, 0.05) is 23.3 Å². The minimum atomic E-state index is -0.283. The highest BCUT2D eigenvalue weighted by Gasteiger charge is 2.13. The second-order valence-electron chi connectivity index (χ2n) is 5.17. The Morgan fingerprint density at radius 1 is 1.12 bits per heavy atom. The number of carbonyl (C=O) groups is 1. The average molecular weight is 351 g/mol. The Kier molecular flexibility index (Phi) is 4.09. The summed E-state index contributed by atoms with van der Waals surface area (Å²) in [5.74, 6) is 0.551. The molecular weight excluding hydrogens is 338 g/mol. The fourth-order valence-electron chi connectivity index (χ4n) is 2.23. The zero-order chi connectivity index (χ0) is 17.1. The molecule has 0 saturated heterocycles. The molecule has 4 aromatic rings. The molecule has 8 heteroatoms. The predicted octanol–water partition coefficient (Wildman–Crippen LogP) is 2.91. The molecule has 1 N–H and O–H groups in total. The summed E-state index contributed by atoms with van der Waals surface area (Å²) in [5, 5.41) is 9.11. The van der Waals surface area contributed by atoms with E-state index in [0.717, 1.165) is 10.7 Å². The molecule has 1 amide bonds. The number of carbonyl (C=O) groups excluding carboxylic acids is 1. The summed E-state index contributed by atoms with van der Waals surface area (Å²) in [6.07, 6.45) is 3.76. The van der Waals surface area contributed by atoms with E-state index in [1.54, 1.807) is 5.38 Å². The summed E-state index contributed by atoms with van der Waals surface area (Å²) in [7, 11) is 0. The lowest BCUT2D eigenvalue weighted by molar-refractivity contribution is 0.0942. The second kappa shape index (κ2) is 6.70. The van der Waals surface area contributed by atoms with Crippen LogP contribution in [-0.4, -0.2) is 25.6 Å². The Bertz CT molecular complexity index is 976. The van der Waals surface area contributed by atoms with E-state index in [-0.39, 0.29) is 12.5 Å². The van der Waals surface area contributed by atoms with Crippen LogP contribution in [0.5, 0.6) is 0 Å². The molecule has 0 aliphatic carbocycles.